The average molecular weight is 481 g/mol. The molecule has 0 radical (unpaired) electrons. The maximum Gasteiger partial charge on any atom is 0.241 e. The quantitative estimate of drug-likeness (QED) is 0.535. The number of fused-ring (bicyclic) bond motifs is 1. The number of carbonyl (C=O) groups is 1. The van der Waals surface area contributed by atoms with E-state index in [1.54, 1.807) is 7.11 Å². The van der Waals surface area contributed by atoms with Gasteiger partial charge in [0.05, 0.1) is 26.4 Å². The van der Waals surface area contributed by atoms with Gasteiger partial charge in [0.1, 0.15) is 5.82 Å². The molecular formula is C26H36N6O3. The van der Waals surface area contributed by atoms with Gasteiger partial charge < -0.3 is 19.3 Å². The summed E-state index contributed by atoms with van der Waals surface area (Å²) in [5, 5.41) is 0. The summed E-state index contributed by atoms with van der Waals surface area (Å²) in [6.45, 7) is 10.3. The number of nitrogens with zero attached hydrogens (tertiary/aromatic N) is 6. The smallest absolute Gasteiger partial charge is 0.241 e. The molecule has 0 unspecified atom stereocenters. The van der Waals surface area contributed by atoms with Crippen molar-refractivity contribution in [3.63, 3.8) is 0 Å². The maximum atomic E-state index is 12.7. The predicted octanol–water partition coefficient (Wildman–Crippen LogP) is 1.52. The van der Waals surface area contributed by atoms with Crippen LogP contribution in [0.15, 0.2) is 30.5 Å². The van der Waals surface area contributed by atoms with E-state index < -0.39 is 0 Å². The molecule has 4 heterocycles. The van der Waals surface area contributed by atoms with Gasteiger partial charge in [0, 0.05) is 82.5 Å². The number of hydrogen-bond acceptors (Lipinski definition) is 8. The van der Waals surface area contributed by atoms with E-state index >= 15 is 0 Å². The second kappa shape index (κ2) is 11.4. The van der Waals surface area contributed by atoms with Crippen LogP contribution in [0.2, 0.25) is 0 Å². The largest absolute Gasteiger partial charge is 0.383 e. The fourth-order valence-electron chi connectivity index (χ4n) is 5.07. The number of hydrogen-bond donors (Lipinski definition) is 0. The summed E-state index contributed by atoms with van der Waals surface area (Å²) >= 11 is 0. The minimum absolute atomic E-state index is 0.126. The number of anilines is 2. The van der Waals surface area contributed by atoms with Crippen molar-refractivity contribution in [3.8, 4) is 11.4 Å². The Hall–Kier alpha value is -2.59. The Labute approximate surface area is 207 Å². The van der Waals surface area contributed by atoms with Crippen LogP contribution >= 0.6 is 0 Å². The number of morpholine rings is 1. The third-order valence-electron chi connectivity index (χ3n) is 7.15. The number of amides is 1. The monoisotopic (exact) mass is 480 g/mol. The predicted molar refractivity (Wildman–Crippen MR) is 136 cm³/mol. The van der Waals surface area contributed by atoms with E-state index in [0.717, 1.165) is 94.8 Å². The summed E-state index contributed by atoms with van der Waals surface area (Å²) in [5.41, 5.74) is 3.13. The Kier molecular flexibility index (Phi) is 7.88. The molecule has 1 amide bonds. The number of ether oxygens (including phenoxy) is 2. The maximum absolute atomic E-state index is 12.7. The highest BCUT2D eigenvalue weighted by Gasteiger charge is 2.25. The molecule has 0 atom stereocenters. The van der Waals surface area contributed by atoms with Gasteiger partial charge in [0.25, 0.3) is 0 Å². The van der Waals surface area contributed by atoms with E-state index in [4.69, 9.17) is 14.5 Å². The molecule has 0 saturated carbocycles. The van der Waals surface area contributed by atoms with Gasteiger partial charge in [0.2, 0.25) is 5.91 Å². The summed E-state index contributed by atoms with van der Waals surface area (Å²) in [6.07, 6.45) is 4.11. The number of carbonyl (C=O) groups excluding carboxylic acids is 1. The first kappa shape index (κ1) is 24.1. The number of aromatic nitrogens is 2. The van der Waals surface area contributed by atoms with Gasteiger partial charge in [-0.25, -0.2) is 9.97 Å². The molecule has 5 rings (SSSR count). The second-order valence-corrected chi connectivity index (χ2v) is 9.45. The lowest BCUT2D eigenvalue weighted by Crippen LogP contribution is -2.51. The van der Waals surface area contributed by atoms with Crippen LogP contribution in [0.4, 0.5) is 11.5 Å². The summed E-state index contributed by atoms with van der Waals surface area (Å²) < 4.78 is 10.6. The normalized spacial score (nSPS) is 19.4. The zero-order valence-corrected chi connectivity index (χ0v) is 20.7. The molecule has 3 aliphatic heterocycles. The molecule has 0 spiro atoms. The summed E-state index contributed by atoms with van der Waals surface area (Å²) in [7, 11) is 1.69. The Morgan fingerprint density at radius 1 is 0.971 bits per heavy atom. The van der Waals surface area contributed by atoms with Crippen LogP contribution in [0.3, 0.4) is 0 Å². The number of rotatable bonds is 9. The highest BCUT2D eigenvalue weighted by molar-refractivity contribution is 5.95. The van der Waals surface area contributed by atoms with E-state index in [0.29, 0.717) is 19.7 Å². The van der Waals surface area contributed by atoms with E-state index in [1.807, 2.05) is 35.4 Å². The van der Waals surface area contributed by atoms with Crippen molar-refractivity contribution < 1.29 is 14.3 Å². The molecule has 2 fully saturated rings. The zero-order valence-electron chi connectivity index (χ0n) is 20.7. The van der Waals surface area contributed by atoms with Crippen molar-refractivity contribution in [1.82, 2.24) is 19.8 Å². The highest BCUT2D eigenvalue weighted by atomic mass is 16.5. The van der Waals surface area contributed by atoms with E-state index in [9.17, 15) is 4.79 Å². The molecule has 0 aliphatic carbocycles. The molecular weight excluding hydrogens is 444 g/mol. The first-order valence-corrected chi connectivity index (χ1v) is 12.7. The van der Waals surface area contributed by atoms with E-state index in [1.165, 1.54) is 5.56 Å². The molecule has 2 aromatic rings. The Bertz CT molecular complexity index is 995. The third-order valence-corrected chi connectivity index (χ3v) is 7.15. The van der Waals surface area contributed by atoms with Crippen molar-refractivity contribution >= 4 is 17.4 Å². The topological polar surface area (TPSA) is 74.3 Å². The van der Waals surface area contributed by atoms with E-state index in [-0.39, 0.29) is 5.91 Å². The number of piperazine rings is 1. The van der Waals surface area contributed by atoms with Crippen LogP contribution in [-0.4, -0.2) is 112 Å². The molecule has 188 valence electrons. The van der Waals surface area contributed by atoms with Gasteiger partial charge in [0.15, 0.2) is 5.82 Å². The third kappa shape index (κ3) is 5.81. The summed E-state index contributed by atoms with van der Waals surface area (Å²) in [5.74, 6) is 1.94. The van der Waals surface area contributed by atoms with Crippen molar-refractivity contribution in [2.45, 2.75) is 12.8 Å². The molecule has 9 heteroatoms. The first-order chi connectivity index (χ1) is 17.2. The van der Waals surface area contributed by atoms with Crippen LogP contribution in [-0.2, 0) is 20.7 Å². The average Bonchev–Trinajstić information content (AvgIpc) is 3.30. The van der Waals surface area contributed by atoms with Crippen LogP contribution < -0.4 is 9.80 Å². The Morgan fingerprint density at radius 2 is 1.80 bits per heavy atom. The van der Waals surface area contributed by atoms with Crippen LogP contribution in [0, 0.1) is 0 Å². The minimum Gasteiger partial charge on any atom is -0.383 e. The Balaban J connectivity index is 1.20. The molecule has 2 saturated heterocycles. The lowest BCUT2D eigenvalue weighted by Gasteiger charge is -2.34. The Morgan fingerprint density at radius 3 is 2.57 bits per heavy atom. The first-order valence-electron chi connectivity index (χ1n) is 12.7. The number of benzene rings is 1. The van der Waals surface area contributed by atoms with Gasteiger partial charge in [-0.2, -0.15) is 0 Å². The van der Waals surface area contributed by atoms with Gasteiger partial charge in [-0.05, 0) is 37.1 Å². The van der Waals surface area contributed by atoms with Gasteiger partial charge >= 0.3 is 0 Å². The lowest BCUT2D eigenvalue weighted by molar-refractivity contribution is -0.121. The van der Waals surface area contributed by atoms with Gasteiger partial charge in [-0.1, -0.05) is 0 Å². The fraction of sp³-hybridized carbons (Fsp3) is 0.577. The van der Waals surface area contributed by atoms with Crippen LogP contribution in [0.1, 0.15) is 12.0 Å². The van der Waals surface area contributed by atoms with E-state index in [2.05, 4.69) is 19.7 Å². The standard InChI is InChI=1S/C26H36N6O3/c1-34-16-13-30-11-12-32(24(33)20-30)23-5-3-21(4-6-23)25-27-19-22-7-10-31(26(22)28-25)9-2-8-29-14-17-35-18-15-29/h3-6,19H,2,7-18,20H2,1H3. The fourth-order valence-corrected chi connectivity index (χ4v) is 5.07. The van der Waals surface area contributed by atoms with Crippen molar-refractivity contribution in [1.29, 1.82) is 0 Å². The van der Waals surface area contributed by atoms with Crippen molar-refractivity contribution in [2.75, 3.05) is 95.6 Å². The molecule has 1 aromatic heterocycles. The van der Waals surface area contributed by atoms with Crippen LogP contribution in [0.25, 0.3) is 11.4 Å². The highest BCUT2D eigenvalue weighted by Crippen LogP contribution is 2.29. The molecule has 0 N–H and O–H groups in total. The van der Waals surface area contributed by atoms with Gasteiger partial charge in [-0.15, -0.1) is 0 Å². The van der Waals surface area contributed by atoms with Crippen LogP contribution in [0.5, 0.6) is 0 Å². The van der Waals surface area contributed by atoms with Crippen molar-refractivity contribution in [3.05, 3.63) is 36.0 Å². The lowest BCUT2D eigenvalue weighted by atomic mass is 10.1. The van der Waals surface area contributed by atoms with Crippen molar-refractivity contribution in [2.24, 2.45) is 0 Å². The summed E-state index contributed by atoms with van der Waals surface area (Å²) in [6, 6.07) is 8.07. The second-order valence-electron chi connectivity index (χ2n) is 9.45. The summed E-state index contributed by atoms with van der Waals surface area (Å²) in [4.78, 5) is 31.2. The zero-order chi connectivity index (χ0) is 24.0. The van der Waals surface area contributed by atoms with Gasteiger partial charge in [-0.3, -0.25) is 14.6 Å². The molecule has 9 nitrogen and oxygen atoms in total. The minimum atomic E-state index is 0.126. The SMILES string of the molecule is COCCN1CCN(c2ccc(-c3ncc4c(n3)N(CCCN3CCOCC3)CC4)cc2)C(=O)C1. The molecule has 35 heavy (non-hydrogen) atoms. The molecule has 1 aromatic carbocycles. The molecule has 3 aliphatic rings. The molecule has 0 bridgehead atoms. The number of methoxy groups -OCH3 is 1.